The van der Waals surface area contributed by atoms with Gasteiger partial charge in [-0.2, -0.15) is 0 Å². The van der Waals surface area contributed by atoms with Gasteiger partial charge in [0.2, 0.25) is 17.3 Å². The molecule has 9 nitrogen and oxygen atoms in total. The molecule has 1 aliphatic heterocycles. The van der Waals surface area contributed by atoms with Gasteiger partial charge < -0.3 is 9.64 Å². The molecule has 0 N–H and O–H groups in total. The van der Waals surface area contributed by atoms with Crippen LogP contribution >= 0.6 is 0 Å². The van der Waals surface area contributed by atoms with Gasteiger partial charge in [0.15, 0.2) is 5.78 Å². The molecule has 0 bridgehead atoms. The van der Waals surface area contributed by atoms with Crippen LogP contribution in [0.2, 0.25) is 0 Å². The lowest BCUT2D eigenvalue weighted by molar-refractivity contribution is -0.112. The Morgan fingerprint density at radius 1 is 0.814 bits per heavy atom. The number of hydrogen-bond acceptors (Lipinski definition) is 8. The lowest BCUT2D eigenvalue weighted by atomic mass is 9.83. The van der Waals surface area contributed by atoms with Crippen LogP contribution in [0.3, 0.4) is 0 Å². The minimum Gasteiger partial charge on any atom is -0.484 e. The molecule has 0 fully saturated rings. The van der Waals surface area contributed by atoms with Gasteiger partial charge in [0.05, 0.1) is 24.0 Å². The summed E-state index contributed by atoms with van der Waals surface area (Å²) in [6.07, 6.45) is 3.05. The fraction of sp³-hybridized carbons (Fsp3) is 0.176. The number of anilines is 1. The summed E-state index contributed by atoms with van der Waals surface area (Å²) >= 11 is 0. The number of nitrogens with zero attached hydrogens (tertiary/aromatic N) is 4. The van der Waals surface area contributed by atoms with E-state index in [-0.39, 0.29) is 29.4 Å². The first-order valence-corrected chi connectivity index (χ1v) is 13.9. The SMILES string of the molecule is Cc1ccc(N(Cc2cn(C3C4=C(OC3(C)C)c3ccccc3C(=O)C4=O)nn2)C2=CC(=O)c3ccccc3C2=O)cc1. The van der Waals surface area contributed by atoms with Crippen LogP contribution in [-0.4, -0.2) is 43.7 Å². The molecule has 9 heteroatoms. The third kappa shape index (κ3) is 4.15. The van der Waals surface area contributed by atoms with Gasteiger partial charge in [-0.15, -0.1) is 5.10 Å². The van der Waals surface area contributed by atoms with Crippen molar-refractivity contribution in [1.82, 2.24) is 15.0 Å². The van der Waals surface area contributed by atoms with E-state index in [1.807, 2.05) is 45.0 Å². The van der Waals surface area contributed by atoms with E-state index in [1.165, 1.54) is 6.08 Å². The van der Waals surface area contributed by atoms with Crippen molar-refractivity contribution in [3.8, 4) is 0 Å². The summed E-state index contributed by atoms with van der Waals surface area (Å²) in [4.78, 5) is 54.9. The monoisotopic (exact) mass is 570 g/mol. The number of Topliss-reactive ketones (excluding diaryl/α,β-unsaturated/α-hetero) is 3. The molecular formula is C34H26N4O5. The normalized spacial score (nSPS) is 18.6. The lowest BCUT2D eigenvalue weighted by Gasteiger charge is -2.28. The molecule has 2 heterocycles. The van der Waals surface area contributed by atoms with Crippen LogP contribution in [0.1, 0.15) is 67.8 Å². The fourth-order valence-corrected chi connectivity index (χ4v) is 6.06. The van der Waals surface area contributed by atoms with Crippen LogP contribution in [0.4, 0.5) is 5.69 Å². The smallest absolute Gasteiger partial charge is 0.235 e. The highest BCUT2D eigenvalue weighted by Crippen LogP contribution is 2.49. The van der Waals surface area contributed by atoms with E-state index < -0.39 is 23.2 Å². The van der Waals surface area contributed by atoms with E-state index >= 15 is 0 Å². The average molecular weight is 571 g/mol. The number of ketones is 4. The predicted molar refractivity (Wildman–Crippen MR) is 157 cm³/mol. The Hall–Kier alpha value is -5.44. The minimum absolute atomic E-state index is 0.117. The van der Waals surface area contributed by atoms with E-state index in [9.17, 15) is 19.2 Å². The molecule has 0 spiro atoms. The van der Waals surface area contributed by atoms with Crippen molar-refractivity contribution >= 4 is 34.6 Å². The van der Waals surface area contributed by atoms with Crippen molar-refractivity contribution in [2.45, 2.75) is 39.0 Å². The average Bonchev–Trinajstić information content (AvgIpc) is 3.58. The molecule has 0 radical (unpaired) electrons. The summed E-state index contributed by atoms with van der Waals surface area (Å²) < 4.78 is 7.85. The van der Waals surface area contributed by atoms with E-state index in [0.717, 1.165) is 5.56 Å². The van der Waals surface area contributed by atoms with Gasteiger partial charge >= 0.3 is 0 Å². The maximum atomic E-state index is 13.7. The first-order valence-electron chi connectivity index (χ1n) is 13.9. The molecule has 4 aromatic rings. The minimum atomic E-state index is -0.919. The third-order valence-corrected chi connectivity index (χ3v) is 8.13. The number of allylic oxidation sites excluding steroid dienone is 2. The molecule has 3 aromatic carbocycles. The highest BCUT2D eigenvalue weighted by atomic mass is 16.5. The number of fused-ring (bicyclic) bond motifs is 3. The van der Waals surface area contributed by atoms with E-state index in [2.05, 4.69) is 10.3 Å². The van der Waals surface area contributed by atoms with Gasteiger partial charge in [-0.3, -0.25) is 19.2 Å². The number of rotatable bonds is 5. The number of aromatic nitrogens is 3. The van der Waals surface area contributed by atoms with Crippen LogP contribution in [-0.2, 0) is 16.1 Å². The highest BCUT2D eigenvalue weighted by Gasteiger charge is 2.52. The van der Waals surface area contributed by atoms with Gasteiger partial charge in [-0.25, -0.2) is 4.68 Å². The summed E-state index contributed by atoms with van der Waals surface area (Å²) in [6, 6.07) is 20.6. The van der Waals surface area contributed by atoms with Crippen molar-refractivity contribution in [1.29, 1.82) is 0 Å². The maximum Gasteiger partial charge on any atom is 0.235 e. The van der Waals surface area contributed by atoms with Gasteiger partial charge in [0.25, 0.3) is 0 Å². The molecular weight excluding hydrogens is 544 g/mol. The Kier molecular flexibility index (Phi) is 5.88. The number of carbonyl (C=O) groups is 4. The van der Waals surface area contributed by atoms with Gasteiger partial charge in [0, 0.05) is 34.0 Å². The summed E-state index contributed by atoms with van der Waals surface area (Å²) in [5.41, 5.74) is 3.38. The summed E-state index contributed by atoms with van der Waals surface area (Å²) in [6.45, 7) is 5.76. The van der Waals surface area contributed by atoms with E-state index in [1.54, 1.807) is 64.3 Å². The molecule has 0 saturated carbocycles. The number of ether oxygens (including phenoxy) is 1. The molecule has 212 valence electrons. The zero-order valence-corrected chi connectivity index (χ0v) is 23.7. The Morgan fingerprint density at radius 3 is 2.14 bits per heavy atom. The van der Waals surface area contributed by atoms with Gasteiger partial charge in [-0.1, -0.05) is 71.4 Å². The Morgan fingerprint density at radius 2 is 1.44 bits per heavy atom. The highest BCUT2D eigenvalue weighted by molar-refractivity contribution is 6.52. The van der Waals surface area contributed by atoms with Crippen LogP contribution < -0.4 is 4.90 Å². The van der Waals surface area contributed by atoms with Crippen molar-refractivity contribution in [2.75, 3.05) is 4.90 Å². The van der Waals surface area contributed by atoms with Gasteiger partial charge in [-0.05, 0) is 32.9 Å². The molecule has 1 unspecified atom stereocenters. The molecule has 3 aliphatic rings. The second-order valence-corrected chi connectivity index (χ2v) is 11.4. The van der Waals surface area contributed by atoms with Crippen molar-refractivity contribution in [3.05, 3.63) is 130 Å². The second kappa shape index (κ2) is 9.55. The molecule has 1 atom stereocenters. The molecule has 43 heavy (non-hydrogen) atoms. The van der Waals surface area contributed by atoms with E-state index in [0.29, 0.717) is 39.4 Å². The number of hydrogen-bond donors (Lipinski definition) is 0. The number of benzene rings is 3. The molecule has 1 aromatic heterocycles. The van der Waals surface area contributed by atoms with Crippen LogP contribution in [0.15, 0.2) is 96.3 Å². The predicted octanol–water partition coefficient (Wildman–Crippen LogP) is 5.08. The Balaban J connectivity index is 1.28. The second-order valence-electron chi connectivity index (χ2n) is 11.4. The standard InChI is InChI=1S/C34H26N4O5/c1-19-12-14-21(15-13-19)37(26-16-27(39)22-8-4-5-9-23(22)29(26)40)17-20-18-38(36-35-20)33-28-31(42)30(41)24-10-6-7-11-25(24)32(28)43-34(33,2)3/h4-16,18,33H,17H2,1-3H3. The lowest BCUT2D eigenvalue weighted by Crippen LogP contribution is -2.35. The molecule has 0 amide bonds. The number of aryl methyl sites for hydroxylation is 1. The fourth-order valence-electron chi connectivity index (χ4n) is 6.06. The van der Waals surface area contributed by atoms with E-state index in [4.69, 9.17) is 4.74 Å². The molecule has 2 aliphatic carbocycles. The first kappa shape index (κ1) is 26.5. The topological polar surface area (TPSA) is 111 Å². The van der Waals surface area contributed by atoms with Crippen molar-refractivity contribution in [3.63, 3.8) is 0 Å². The third-order valence-electron chi connectivity index (χ3n) is 8.13. The maximum absolute atomic E-state index is 13.7. The first-order chi connectivity index (χ1) is 20.6. The summed E-state index contributed by atoms with van der Waals surface area (Å²) in [5.74, 6) is -1.36. The largest absolute Gasteiger partial charge is 0.484 e. The summed E-state index contributed by atoms with van der Waals surface area (Å²) in [5, 5.41) is 8.76. The zero-order chi connectivity index (χ0) is 30.0. The molecule has 7 rings (SSSR count). The van der Waals surface area contributed by atoms with Gasteiger partial charge in [0.1, 0.15) is 23.1 Å². The zero-order valence-electron chi connectivity index (χ0n) is 23.7. The number of carbonyl (C=O) groups excluding carboxylic acids is 4. The van der Waals surface area contributed by atoms with Crippen LogP contribution in [0, 0.1) is 6.92 Å². The van der Waals surface area contributed by atoms with Crippen molar-refractivity contribution < 1.29 is 23.9 Å². The van der Waals surface area contributed by atoms with Crippen molar-refractivity contribution in [2.24, 2.45) is 0 Å². The summed E-state index contributed by atoms with van der Waals surface area (Å²) in [7, 11) is 0. The molecule has 0 saturated heterocycles. The van der Waals surface area contributed by atoms with Crippen LogP contribution in [0.5, 0.6) is 0 Å². The quantitative estimate of drug-likeness (QED) is 0.306. The Labute approximate surface area is 247 Å². The Bertz CT molecular complexity index is 1950. The van der Waals surface area contributed by atoms with Crippen LogP contribution in [0.25, 0.3) is 5.76 Å².